The number of hydrogen-bond donors (Lipinski definition) is 0. The molecule has 0 saturated carbocycles. The average Bonchev–Trinajstić information content (AvgIpc) is 4.26. The van der Waals surface area contributed by atoms with Gasteiger partial charge in [0.2, 0.25) is 0 Å². The summed E-state index contributed by atoms with van der Waals surface area (Å²) in [5, 5.41) is 15.2. The molecule has 7 rings (SSSR count). The smallest absolute Gasteiger partial charge is 0.139 e. The van der Waals surface area contributed by atoms with Crippen LogP contribution in [0.2, 0.25) is 0 Å². The first-order valence-electron chi connectivity index (χ1n) is 26.3. The third-order valence-corrected chi connectivity index (χ3v) is 9.50. The second-order valence-corrected chi connectivity index (χ2v) is 16.6. The van der Waals surface area contributed by atoms with Crippen molar-refractivity contribution in [3.63, 3.8) is 0 Å². The van der Waals surface area contributed by atoms with Crippen LogP contribution in [0.15, 0.2) is 126 Å². The zero-order chi connectivity index (χ0) is 55.9. The molecule has 9 nitrogen and oxygen atoms in total. The summed E-state index contributed by atoms with van der Waals surface area (Å²) in [4.78, 5) is 1.37. The summed E-state index contributed by atoms with van der Waals surface area (Å²) in [5.41, 5.74) is 4.90. The minimum atomic E-state index is 0.456. The van der Waals surface area contributed by atoms with Gasteiger partial charge in [-0.3, -0.25) is 0 Å². The Kier molecular flexibility index (Phi) is 69.0. The number of rotatable bonds is 7. The van der Waals surface area contributed by atoms with E-state index in [9.17, 15) is 0 Å². The number of aromatic nitrogens is 4. The van der Waals surface area contributed by atoms with Crippen LogP contribution in [-0.4, -0.2) is 19.8 Å². The second kappa shape index (κ2) is 60.6. The molecule has 70 heavy (non-hydrogen) atoms. The minimum absolute atomic E-state index is 0.456. The highest BCUT2D eigenvalue weighted by Crippen LogP contribution is 2.18. The Hall–Kier alpha value is -4.48. The Morgan fingerprint density at radius 2 is 1.00 bits per heavy atom. The predicted octanol–water partition coefficient (Wildman–Crippen LogP) is 22.5. The predicted molar refractivity (Wildman–Crippen MR) is 311 cm³/mol. The van der Waals surface area contributed by atoms with E-state index in [1.165, 1.54) is 16.0 Å². The molecule has 0 aromatic carbocycles. The molecule has 7 aromatic rings. The quantitative estimate of drug-likeness (QED) is 0.154. The van der Waals surface area contributed by atoms with Crippen molar-refractivity contribution in [2.45, 2.75) is 235 Å². The summed E-state index contributed by atoms with van der Waals surface area (Å²) in [6.07, 6.45) is 13.7. The van der Waals surface area contributed by atoms with E-state index in [1.54, 1.807) is 66.6 Å². The zero-order valence-corrected chi connectivity index (χ0v) is 51.6. The summed E-state index contributed by atoms with van der Waals surface area (Å²) < 4.78 is 28.1. The largest absolute Gasteiger partial charge is 0.472 e. The van der Waals surface area contributed by atoms with Gasteiger partial charge < -0.3 is 22.4 Å². The molecule has 0 unspecified atom stereocenters. The third kappa shape index (κ3) is 47.2. The molecule has 0 N–H and O–H groups in total. The van der Waals surface area contributed by atoms with E-state index in [4.69, 9.17) is 13.4 Å². The van der Waals surface area contributed by atoms with Crippen molar-refractivity contribution in [3.8, 4) is 0 Å². The SMILES string of the molecule is CC.CC.CC.CC.CC.CC.CC.CC(C)c1ccco1.CC(C)c1ccno1.CC(C)c1ccns1.CC(C)c1ccoc1.CC(C)c1ccon1.CC(C)c1ccsc1.CC(C)c1cnoc1. The van der Waals surface area contributed by atoms with E-state index in [0.29, 0.717) is 41.4 Å². The Morgan fingerprint density at radius 3 is 1.20 bits per heavy atom. The van der Waals surface area contributed by atoms with Crippen LogP contribution in [0.1, 0.15) is 274 Å². The lowest BCUT2D eigenvalue weighted by Crippen LogP contribution is -1.83. The van der Waals surface area contributed by atoms with Crippen molar-refractivity contribution in [1.29, 1.82) is 0 Å². The highest BCUT2D eigenvalue weighted by atomic mass is 32.1. The first-order valence-corrected chi connectivity index (χ1v) is 28.0. The van der Waals surface area contributed by atoms with Crippen molar-refractivity contribution in [2.75, 3.05) is 0 Å². The van der Waals surface area contributed by atoms with E-state index < -0.39 is 0 Å². The molecule has 0 bridgehead atoms. The lowest BCUT2D eigenvalue weighted by Gasteiger charge is -1.96. The van der Waals surface area contributed by atoms with Gasteiger partial charge in [-0.15, -0.1) is 0 Å². The molecule has 0 atom stereocenters. The molecule has 0 spiro atoms. The Bertz CT molecular complexity index is 1380. The van der Waals surface area contributed by atoms with Gasteiger partial charge in [-0.1, -0.05) is 209 Å². The van der Waals surface area contributed by atoms with Gasteiger partial charge in [0.15, 0.2) is 0 Å². The van der Waals surface area contributed by atoms with Crippen LogP contribution >= 0.6 is 22.9 Å². The zero-order valence-electron chi connectivity index (χ0n) is 50.0. The summed E-state index contributed by atoms with van der Waals surface area (Å²) in [6.45, 7) is 57.8. The molecule has 0 saturated heterocycles. The van der Waals surface area contributed by atoms with Gasteiger partial charge in [0.05, 0.1) is 36.9 Å². The summed E-state index contributed by atoms with van der Waals surface area (Å²) in [6, 6.07) is 13.9. The van der Waals surface area contributed by atoms with E-state index in [-0.39, 0.29) is 0 Å². The maximum absolute atomic E-state index is 5.09. The standard InChI is InChI=1S/2C7H10O.C7H10S.3C6H9NO.C6H9NS.7C2H6/c1-6(2)7-3-4-8-5-7;1-6(2)7-4-3-5-8-7;1-6(2)7-3-4-8-5-7;1-5(2)6-3-7-8-4-6;1-5(2)6-3-4-8-7-6;2*1-5(2)6-3-4-7-8-6;7*1-2/h3*3-6H,1-2H3;4*3-5H,1-2H3;7*1-2H3. The van der Waals surface area contributed by atoms with E-state index in [1.807, 2.05) is 133 Å². The fourth-order valence-corrected chi connectivity index (χ4v) is 5.29. The first-order chi connectivity index (χ1) is 33.6. The van der Waals surface area contributed by atoms with Crippen LogP contribution in [0, 0.1) is 0 Å². The number of thiophene rings is 1. The van der Waals surface area contributed by atoms with Gasteiger partial charge in [0.1, 0.15) is 24.0 Å². The maximum atomic E-state index is 5.09. The van der Waals surface area contributed by atoms with Gasteiger partial charge in [-0.2, -0.15) is 11.3 Å². The fraction of sp³-hybridized carbons (Fsp3) is 0.593. The monoisotopic (exact) mass is 1020 g/mol. The topological polar surface area (TPSA) is 117 Å². The molecule has 0 fully saturated rings. The Labute approximate surface area is 440 Å². The molecule has 0 aliphatic rings. The number of nitrogens with zero attached hydrogens (tertiary/aromatic N) is 4. The van der Waals surface area contributed by atoms with Crippen molar-refractivity contribution in [1.82, 2.24) is 19.8 Å². The Morgan fingerprint density at radius 1 is 0.443 bits per heavy atom. The van der Waals surface area contributed by atoms with Crippen LogP contribution in [0.5, 0.6) is 0 Å². The lowest BCUT2D eigenvalue weighted by molar-refractivity contribution is 0.371. The molecule has 0 amide bonds. The van der Waals surface area contributed by atoms with E-state index >= 15 is 0 Å². The normalized spacial score (nSPS) is 8.90. The summed E-state index contributed by atoms with van der Waals surface area (Å²) in [7, 11) is 0. The molecule has 7 heterocycles. The van der Waals surface area contributed by atoms with Crippen LogP contribution in [-0.2, 0) is 0 Å². The van der Waals surface area contributed by atoms with Crippen LogP contribution < -0.4 is 0 Å². The van der Waals surface area contributed by atoms with Gasteiger partial charge in [0, 0.05) is 40.6 Å². The van der Waals surface area contributed by atoms with Crippen LogP contribution in [0.25, 0.3) is 0 Å². The minimum Gasteiger partial charge on any atom is -0.472 e. The lowest BCUT2D eigenvalue weighted by atomic mass is 10.1. The molecular formula is C59H108N4O5S2. The molecule has 11 heteroatoms. The second-order valence-electron chi connectivity index (χ2n) is 14.9. The number of furan rings is 2. The van der Waals surface area contributed by atoms with Crippen molar-refractivity contribution >= 4 is 22.9 Å². The molecule has 0 aliphatic carbocycles. The molecule has 0 radical (unpaired) electrons. The number of hydrogen-bond acceptors (Lipinski definition) is 11. The van der Waals surface area contributed by atoms with E-state index in [2.05, 4.69) is 149 Å². The van der Waals surface area contributed by atoms with Crippen LogP contribution in [0.4, 0.5) is 0 Å². The van der Waals surface area contributed by atoms with Crippen molar-refractivity contribution in [3.05, 3.63) is 142 Å². The molecule has 0 aliphatic heterocycles. The highest BCUT2D eigenvalue weighted by molar-refractivity contribution is 7.08. The summed E-state index contributed by atoms with van der Waals surface area (Å²) in [5.74, 6) is 5.92. The van der Waals surface area contributed by atoms with Gasteiger partial charge in [-0.05, 0) is 93.3 Å². The molecular weight excluding hydrogens is 909 g/mol. The fourth-order valence-electron chi connectivity index (χ4n) is 3.89. The first kappa shape index (κ1) is 79.6. The molecule has 7 aromatic heterocycles. The van der Waals surface area contributed by atoms with Crippen molar-refractivity contribution in [2.24, 2.45) is 0 Å². The highest BCUT2D eigenvalue weighted by Gasteiger charge is 2.02. The summed E-state index contributed by atoms with van der Waals surface area (Å²) >= 11 is 3.35. The maximum Gasteiger partial charge on any atom is 0.139 e. The van der Waals surface area contributed by atoms with Crippen LogP contribution in [0.3, 0.4) is 0 Å². The van der Waals surface area contributed by atoms with Gasteiger partial charge in [0.25, 0.3) is 0 Å². The Balaban J connectivity index is -0.000000127. The van der Waals surface area contributed by atoms with Gasteiger partial charge >= 0.3 is 0 Å². The molecule has 406 valence electrons. The van der Waals surface area contributed by atoms with E-state index in [0.717, 1.165) is 22.8 Å². The third-order valence-electron chi connectivity index (χ3n) is 7.75. The van der Waals surface area contributed by atoms with Gasteiger partial charge in [-0.25, -0.2) is 4.37 Å². The van der Waals surface area contributed by atoms with Crippen molar-refractivity contribution < 1.29 is 22.4 Å². The average molecular weight is 1020 g/mol.